The molecule has 0 bridgehead atoms. The summed E-state index contributed by atoms with van der Waals surface area (Å²) in [6.45, 7) is 2.36. The lowest BCUT2D eigenvalue weighted by Gasteiger charge is -2.24. The second-order valence-corrected chi connectivity index (χ2v) is 3.56. The van der Waals surface area contributed by atoms with Crippen LogP contribution in [0.1, 0.15) is 24.8 Å². The van der Waals surface area contributed by atoms with Crippen molar-refractivity contribution >= 4 is 5.69 Å². The summed E-state index contributed by atoms with van der Waals surface area (Å²) in [5.41, 5.74) is 0.247. The van der Waals surface area contributed by atoms with Gasteiger partial charge in [-0.1, -0.05) is 6.92 Å². The molecule has 0 fully saturated rings. The Hall–Kier alpha value is -1.19. The molecule has 1 heterocycles. The molecule has 1 N–H and O–H groups in total. The van der Waals surface area contributed by atoms with Gasteiger partial charge in [0.2, 0.25) is 0 Å². The maximum Gasteiger partial charge on any atom is 0.182 e. The van der Waals surface area contributed by atoms with Gasteiger partial charge in [-0.3, -0.25) is 0 Å². The van der Waals surface area contributed by atoms with Crippen molar-refractivity contribution in [3.63, 3.8) is 0 Å². The molecule has 0 aromatic heterocycles. The number of anilines is 1. The van der Waals surface area contributed by atoms with E-state index < -0.39 is 17.5 Å². The van der Waals surface area contributed by atoms with Crippen molar-refractivity contribution < 1.29 is 13.2 Å². The molecule has 1 atom stereocenters. The molecular weight excluding hydrogens is 191 g/mol. The van der Waals surface area contributed by atoms with Crippen LogP contribution in [-0.4, -0.2) is 6.54 Å². The number of hydrogen-bond donors (Lipinski definition) is 1. The highest BCUT2D eigenvalue weighted by Gasteiger charge is 2.25. The van der Waals surface area contributed by atoms with Gasteiger partial charge in [0.25, 0.3) is 0 Å². The number of benzene rings is 1. The molecule has 0 saturated carbocycles. The van der Waals surface area contributed by atoms with E-state index in [1.165, 1.54) is 0 Å². The highest BCUT2D eigenvalue weighted by Crippen LogP contribution is 2.36. The number of hydrogen-bond acceptors (Lipinski definition) is 1. The average Bonchev–Trinajstić information content (AvgIpc) is 2.14. The fraction of sp³-hybridized carbons (Fsp3) is 0.400. The minimum atomic E-state index is -1.14. The molecule has 76 valence electrons. The van der Waals surface area contributed by atoms with Crippen molar-refractivity contribution in [2.75, 3.05) is 11.9 Å². The molecule has 14 heavy (non-hydrogen) atoms. The van der Waals surface area contributed by atoms with E-state index in [4.69, 9.17) is 0 Å². The predicted molar refractivity (Wildman–Crippen MR) is 47.8 cm³/mol. The van der Waals surface area contributed by atoms with Gasteiger partial charge in [-0.25, -0.2) is 13.2 Å². The summed E-state index contributed by atoms with van der Waals surface area (Å²) in [6.07, 6.45) is 0.731. The van der Waals surface area contributed by atoms with Crippen molar-refractivity contribution in [1.82, 2.24) is 0 Å². The van der Waals surface area contributed by atoms with Gasteiger partial charge in [0.15, 0.2) is 11.6 Å². The second-order valence-electron chi connectivity index (χ2n) is 3.56. The van der Waals surface area contributed by atoms with Crippen LogP contribution in [0.15, 0.2) is 6.07 Å². The zero-order valence-electron chi connectivity index (χ0n) is 7.70. The number of nitrogens with one attached hydrogen (secondary N) is 1. The first-order chi connectivity index (χ1) is 6.61. The Balaban J connectivity index is 2.66. The molecule has 1 aliphatic heterocycles. The first-order valence-electron chi connectivity index (χ1n) is 4.52. The van der Waals surface area contributed by atoms with E-state index >= 15 is 0 Å². The first kappa shape index (κ1) is 9.37. The molecule has 1 aromatic carbocycles. The van der Waals surface area contributed by atoms with Gasteiger partial charge < -0.3 is 5.32 Å². The number of fused-ring (bicyclic) bond motifs is 1. The SMILES string of the molecule is CC1CCNc2c(F)c(F)cc(F)c21. The lowest BCUT2D eigenvalue weighted by Crippen LogP contribution is -2.18. The second kappa shape index (κ2) is 3.19. The molecule has 4 heteroatoms. The highest BCUT2D eigenvalue weighted by molar-refractivity contribution is 5.56. The maximum atomic E-state index is 13.3. The molecule has 0 radical (unpaired) electrons. The van der Waals surface area contributed by atoms with E-state index in [2.05, 4.69) is 5.32 Å². The summed E-state index contributed by atoms with van der Waals surface area (Å²) < 4.78 is 39.4. The third-order valence-electron chi connectivity index (χ3n) is 2.58. The van der Waals surface area contributed by atoms with Crippen LogP contribution in [0.25, 0.3) is 0 Å². The van der Waals surface area contributed by atoms with Gasteiger partial charge in [0, 0.05) is 18.2 Å². The minimum Gasteiger partial charge on any atom is -0.382 e. The van der Waals surface area contributed by atoms with Crippen LogP contribution in [0.4, 0.5) is 18.9 Å². The van der Waals surface area contributed by atoms with E-state index in [1.807, 2.05) is 0 Å². The molecule has 1 aliphatic rings. The monoisotopic (exact) mass is 201 g/mol. The molecule has 1 aromatic rings. The smallest absolute Gasteiger partial charge is 0.182 e. The lowest BCUT2D eigenvalue weighted by molar-refractivity contribution is 0.482. The summed E-state index contributed by atoms with van der Waals surface area (Å²) in [5.74, 6) is -2.85. The van der Waals surface area contributed by atoms with Crippen LogP contribution in [-0.2, 0) is 0 Å². The van der Waals surface area contributed by atoms with Crippen LogP contribution >= 0.6 is 0 Å². The van der Waals surface area contributed by atoms with Crippen LogP contribution in [0, 0.1) is 17.5 Å². The summed E-state index contributed by atoms with van der Waals surface area (Å²) >= 11 is 0. The highest BCUT2D eigenvalue weighted by atomic mass is 19.2. The van der Waals surface area contributed by atoms with E-state index in [9.17, 15) is 13.2 Å². The van der Waals surface area contributed by atoms with Crippen molar-refractivity contribution in [1.29, 1.82) is 0 Å². The van der Waals surface area contributed by atoms with Crippen LogP contribution in [0.3, 0.4) is 0 Å². The molecule has 1 unspecified atom stereocenters. The van der Waals surface area contributed by atoms with E-state index in [0.717, 1.165) is 6.42 Å². The van der Waals surface area contributed by atoms with E-state index in [1.54, 1.807) is 6.92 Å². The third-order valence-corrected chi connectivity index (χ3v) is 2.58. The van der Waals surface area contributed by atoms with Crippen LogP contribution < -0.4 is 5.32 Å². The van der Waals surface area contributed by atoms with Crippen LogP contribution in [0.2, 0.25) is 0 Å². The maximum absolute atomic E-state index is 13.3. The predicted octanol–water partition coefficient (Wildman–Crippen LogP) is 3.02. The fourth-order valence-electron chi connectivity index (χ4n) is 1.82. The summed E-state index contributed by atoms with van der Waals surface area (Å²) in [4.78, 5) is 0. The zero-order chi connectivity index (χ0) is 10.3. The average molecular weight is 201 g/mol. The first-order valence-corrected chi connectivity index (χ1v) is 4.52. The van der Waals surface area contributed by atoms with Crippen molar-refractivity contribution in [2.24, 2.45) is 0 Å². The Morgan fingerprint density at radius 1 is 1.29 bits per heavy atom. The molecular formula is C10H10F3N. The molecule has 0 amide bonds. The minimum absolute atomic E-state index is 0.0127. The van der Waals surface area contributed by atoms with Crippen molar-refractivity contribution in [3.05, 3.63) is 29.1 Å². The van der Waals surface area contributed by atoms with Gasteiger partial charge in [-0.15, -0.1) is 0 Å². The fourth-order valence-corrected chi connectivity index (χ4v) is 1.82. The van der Waals surface area contributed by atoms with Gasteiger partial charge in [-0.05, 0) is 12.3 Å². The normalized spacial score (nSPS) is 20.1. The number of halogens is 3. The van der Waals surface area contributed by atoms with Gasteiger partial charge in [0.1, 0.15) is 5.82 Å². The van der Waals surface area contributed by atoms with Crippen LogP contribution in [0.5, 0.6) is 0 Å². The van der Waals surface area contributed by atoms with E-state index in [0.29, 0.717) is 12.6 Å². The third kappa shape index (κ3) is 1.25. The Bertz CT molecular complexity index is 376. The molecule has 1 nitrogen and oxygen atoms in total. The Morgan fingerprint density at radius 2 is 2.00 bits per heavy atom. The largest absolute Gasteiger partial charge is 0.382 e. The van der Waals surface area contributed by atoms with Gasteiger partial charge >= 0.3 is 0 Å². The lowest BCUT2D eigenvalue weighted by atomic mass is 9.92. The molecule has 0 aliphatic carbocycles. The van der Waals surface area contributed by atoms with Gasteiger partial charge in [-0.2, -0.15) is 0 Å². The van der Waals surface area contributed by atoms with E-state index in [-0.39, 0.29) is 17.2 Å². The Morgan fingerprint density at radius 3 is 2.71 bits per heavy atom. The van der Waals surface area contributed by atoms with Crippen molar-refractivity contribution in [2.45, 2.75) is 19.3 Å². The quantitative estimate of drug-likeness (QED) is 0.636. The Labute approximate surface area is 79.9 Å². The topological polar surface area (TPSA) is 12.0 Å². The van der Waals surface area contributed by atoms with Gasteiger partial charge in [0.05, 0.1) is 5.69 Å². The zero-order valence-corrected chi connectivity index (χ0v) is 7.70. The number of rotatable bonds is 0. The summed E-state index contributed by atoms with van der Waals surface area (Å²) in [7, 11) is 0. The van der Waals surface area contributed by atoms with Crippen molar-refractivity contribution in [3.8, 4) is 0 Å². The molecule has 2 rings (SSSR count). The Kier molecular flexibility index (Phi) is 2.13. The summed E-state index contributed by atoms with van der Waals surface area (Å²) in [5, 5.41) is 2.69. The molecule has 0 saturated heterocycles. The standard InChI is InChI=1S/C10H10F3N/c1-5-2-3-14-10-8(5)6(11)4-7(12)9(10)13/h4-5,14H,2-3H2,1H3. The molecule has 0 spiro atoms. The summed E-state index contributed by atoms with van der Waals surface area (Å²) in [6, 6.07) is 0.609.